The van der Waals surface area contributed by atoms with Crippen molar-refractivity contribution in [3.8, 4) is 5.75 Å². The summed E-state index contributed by atoms with van der Waals surface area (Å²) in [5, 5.41) is 0.621. The van der Waals surface area contributed by atoms with Gasteiger partial charge in [0.25, 0.3) is 17.6 Å². The van der Waals surface area contributed by atoms with Crippen LogP contribution in [0, 0.1) is 0 Å². The third kappa shape index (κ3) is 3.66. The van der Waals surface area contributed by atoms with Gasteiger partial charge in [0.05, 0.1) is 17.6 Å². The molecular weight excluding hydrogens is 382 g/mol. The summed E-state index contributed by atoms with van der Waals surface area (Å²) in [4.78, 5) is 44.7. The van der Waals surface area contributed by atoms with Gasteiger partial charge >= 0.3 is 0 Å². The minimum Gasteiger partial charge on any atom is -0.493 e. The minimum absolute atomic E-state index is 0.0630. The smallest absolute Gasteiger partial charge is 0.295 e. The molecule has 30 heavy (non-hydrogen) atoms. The van der Waals surface area contributed by atoms with Crippen molar-refractivity contribution in [2.24, 2.45) is 0 Å². The molecule has 0 saturated carbocycles. The molecule has 7 heteroatoms. The third-order valence-corrected chi connectivity index (χ3v) is 5.28. The van der Waals surface area contributed by atoms with Crippen molar-refractivity contribution in [1.82, 2.24) is 14.8 Å². The molecule has 0 atom stereocenters. The largest absolute Gasteiger partial charge is 0.493 e. The molecule has 1 N–H and O–H groups in total. The number of ketones is 1. The number of hydrogen-bond acceptors (Lipinski definition) is 4. The Kier molecular flexibility index (Phi) is 5.52. The number of aromatic amines is 1. The summed E-state index contributed by atoms with van der Waals surface area (Å²) in [6, 6.07) is 14.5. The van der Waals surface area contributed by atoms with E-state index in [1.165, 1.54) is 4.90 Å². The number of Topliss-reactive ketones (excluding diaryl/α,β-unsaturated/α-hetero) is 1. The zero-order valence-corrected chi connectivity index (χ0v) is 16.8. The highest BCUT2D eigenvalue weighted by Gasteiger charge is 2.30. The molecule has 0 aliphatic carbocycles. The van der Waals surface area contributed by atoms with Crippen molar-refractivity contribution in [3.05, 3.63) is 65.9 Å². The third-order valence-electron chi connectivity index (χ3n) is 5.28. The van der Waals surface area contributed by atoms with Crippen LogP contribution in [-0.2, 0) is 4.79 Å². The zero-order valence-electron chi connectivity index (χ0n) is 16.8. The maximum Gasteiger partial charge on any atom is 0.295 e. The molecule has 154 valence electrons. The number of fused-ring (bicyclic) bond motifs is 1. The van der Waals surface area contributed by atoms with Crippen LogP contribution in [0.3, 0.4) is 0 Å². The average molecular weight is 405 g/mol. The molecule has 0 unspecified atom stereocenters. The molecule has 1 aliphatic heterocycles. The molecule has 0 spiro atoms. The van der Waals surface area contributed by atoms with Gasteiger partial charge in [-0.2, -0.15) is 0 Å². The number of carbonyl (C=O) groups is 3. The Hall–Kier alpha value is -3.61. The maximum atomic E-state index is 13.0. The molecule has 4 rings (SSSR count). The highest BCUT2D eigenvalue weighted by atomic mass is 16.5. The minimum atomic E-state index is -0.573. The van der Waals surface area contributed by atoms with E-state index in [4.69, 9.17) is 4.74 Å². The first-order chi connectivity index (χ1) is 14.6. The van der Waals surface area contributed by atoms with Crippen molar-refractivity contribution in [2.75, 3.05) is 32.8 Å². The number of aromatic nitrogens is 1. The monoisotopic (exact) mass is 405 g/mol. The predicted molar refractivity (Wildman–Crippen MR) is 113 cm³/mol. The number of H-pyrrole nitrogens is 1. The van der Waals surface area contributed by atoms with Gasteiger partial charge in [0.1, 0.15) is 5.75 Å². The van der Waals surface area contributed by atoms with Crippen molar-refractivity contribution in [3.63, 3.8) is 0 Å². The van der Waals surface area contributed by atoms with Crippen molar-refractivity contribution >= 4 is 28.5 Å². The molecule has 1 aliphatic rings. The lowest BCUT2D eigenvalue weighted by Gasteiger charge is -2.34. The molecular formula is C23H23N3O4. The fraction of sp³-hybridized carbons (Fsp3) is 0.261. The first-order valence-electron chi connectivity index (χ1n) is 10.0. The van der Waals surface area contributed by atoms with E-state index in [-0.39, 0.29) is 5.91 Å². The Labute approximate surface area is 174 Å². The lowest BCUT2D eigenvalue weighted by molar-refractivity contribution is -0.127. The van der Waals surface area contributed by atoms with Crippen LogP contribution in [0.5, 0.6) is 5.75 Å². The van der Waals surface area contributed by atoms with E-state index in [1.54, 1.807) is 29.3 Å². The van der Waals surface area contributed by atoms with Gasteiger partial charge in [-0.05, 0) is 31.2 Å². The summed E-state index contributed by atoms with van der Waals surface area (Å²) in [5.74, 6) is -0.622. The molecule has 3 aromatic rings. The van der Waals surface area contributed by atoms with Crippen LogP contribution in [0.4, 0.5) is 0 Å². The molecule has 2 heterocycles. The molecule has 7 nitrogen and oxygen atoms in total. The summed E-state index contributed by atoms with van der Waals surface area (Å²) in [6.45, 7) is 3.76. The molecule has 1 fully saturated rings. The van der Waals surface area contributed by atoms with E-state index in [9.17, 15) is 14.4 Å². The Balaban J connectivity index is 1.47. The number of carbonyl (C=O) groups excluding carboxylic acids is 3. The van der Waals surface area contributed by atoms with Gasteiger partial charge in [-0.1, -0.05) is 24.3 Å². The fourth-order valence-electron chi connectivity index (χ4n) is 3.74. The van der Waals surface area contributed by atoms with Gasteiger partial charge in [-0.15, -0.1) is 0 Å². The van der Waals surface area contributed by atoms with E-state index >= 15 is 0 Å². The van der Waals surface area contributed by atoms with E-state index in [0.717, 1.165) is 5.52 Å². The van der Waals surface area contributed by atoms with E-state index in [0.29, 0.717) is 55.0 Å². The normalized spacial score (nSPS) is 14.0. The van der Waals surface area contributed by atoms with E-state index in [2.05, 4.69) is 4.98 Å². The number of amides is 2. The first kappa shape index (κ1) is 19.7. The van der Waals surface area contributed by atoms with E-state index in [1.807, 2.05) is 37.3 Å². The van der Waals surface area contributed by atoms with Crippen LogP contribution in [0.25, 0.3) is 10.9 Å². The number of piperazine rings is 1. The van der Waals surface area contributed by atoms with Gasteiger partial charge in [0.2, 0.25) is 0 Å². The second-order valence-electron chi connectivity index (χ2n) is 7.09. The molecule has 2 aromatic carbocycles. The lowest BCUT2D eigenvalue weighted by Crippen LogP contribution is -2.52. The van der Waals surface area contributed by atoms with Gasteiger partial charge in [-0.25, -0.2) is 0 Å². The summed E-state index contributed by atoms with van der Waals surface area (Å²) in [5.41, 5.74) is 1.67. The maximum absolute atomic E-state index is 13.0. The Morgan fingerprint density at radius 1 is 0.933 bits per heavy atom. The SMILES string of the molecule is CCOc1cccc2[nH]cc(C(=O)C(=O)N3CCN(C(=O)c4ccccc4)CC3)c12. The Morgan fingerprint density at radius 2 is 1.63 bits per heavy atom. The number of nitrogens with zero attached hydrogens (tertiary/aromatic N) is 2. The van der Waals surface area contributed by atoms with Crippen LogP contribution in [-0.4, -0.2) is 65.2 Å². The Morgan fingerprint density at radius 3 is 2.33 bits per heavy atom. The molecule has 1 aromatic heterocycles. The second kappa shape index (κ2) is 8.41. The number of benzene rings is 2. The topological polar surface area (TPSA) is 82.7 Å². The summed E-state index contributed by atoms with van der Waals surface area (Å²) < 4.78 is 5.63. The summed E-state index contributed by atoms with van der Waals surface area (Å²) in [6.07, 6.45) is 1.56. The number of rotatable bonds is 5. The second-order valence-corrected chi connectivity index (χ2v) is 7.09. The van der Waals surface area contributed by atoms with Crippen molar-refractivity contribution in [2.45, 2.75) is 6.92 Å². The van der Waals surface area contributed by atoms with Crippen LogP contribution in [0.15, 0.2) is 54.7 Å². The van der Waals surface area contributed by atoms with Crippen LogP contribution in [0.1, 0.15) is 27.6 Å². The quantitative estimate of drug-likeness (QED) is 0.523. The number of nitrogens with one attached hydrogen (secondary N) is 1. The Bertz CT molecular complexity index is 1080. The van der Waals surface area contributed by atoms with Gasteiger partial charge in [0, 0.05) is 43.5 Å². The van der Waals surface area contributed by atoms with Gasteiger partial charge in [-0.3, -0.25) is 14.4 Å². The van der Waals surface area contributed by atoms with E-state index < -0.39 is 11.7 Å². The van der Waals surface area contributed by atoms with Crippen LogP contribution < -0.4 is 4.74 Å². The zero-order chi connectivity index (χ0) is 21.1. The lowest BCUT2D eigenvalue weighted by atomic mass is 10.1. The van der Waals surface area contributed by atoms with Gasteiger partial charge in [0.15, 0.2) is 0 Å². The highest BCUT2D eigenvalue weighted by Crippen LogP contribution is 2.29. The molecule has 1 saturated heterocycles. The summed E-state index contributed by atoms with van der Waals surface area (Å²) >= 11 is 0. The van der Waals surface area contributed by atoms with Crippen LogP contribution >= 0.6 is 0 Å². The van der Waals surface area contributed by atoms with Crippen molar-refractivity contribution < 1.29 is 19.1 Å². The van der Waals surface area contributed by atoms with Crippen molar-refractivity contribution in [1.29, 1.82) is 0 Å². The molecule has 0 radical (unpaired) electrons. The van der Waals surface area contributed by atoms with Gasteiger partial charge < -0.3 is 19.5 Å². The standard InChI is InChI=1S/C23H23N3O4/c1-2-30-19-10-6-9-18-20(19)17(15-24-18)21(27)23(29)26-13-11-25(12-14-26)22(28)16-7-4-3-5-8-16/h3-10,15,24H,2,11-14H2,1H3. The highest BCUT2D eigenvalue weighted by molar-refractivity contribution is 6.45. The number of ether oxygens (including phenoxy) is 1. The first-order valence-corrected chi connectivity index (χ1v) is 10.0. The van der Waals surface area contributed by atoms with Crippen LogP contribution in [0.2, 0.25) is 0 Å². The molecule has 0 bridgehead atoms. The average Bonchev–Trinajstić information content (AvgIpc) is 3.24. The predicted octanol–water partition coefficient (Wildman–Crippen LogP) is 2.73. The summed E-state index contributed by atoms with van der Waals surface area (Å²) in [7, 11) is 0. The molecule has 2 amide bonds. The fourth-order valence-corrected chi connectivity index (χ4v) is 3.74. The number of hydrogen-bond donors (Lipinski definition) is 1.